The van der Waals surface area contributed by atoms with E-state index in [2.05, 4.69) is 4.98 Å². The predicted octanol–water partition coefficient (Wildman–Crippen LogP) is 3.84. The highest BCUT2D eigenvalue weighted by molar-refractivity contribution is 7.89. The van der Waals surface area contributed by atoms with Crippen molar-refractivity contribution in [2.45, 2.75) is 10.9 Å². The van der Waals surface area contributed by atoms with Crippen molar-refractivity contribution in [1.29, 1.82) is 0 Å². The Kier molecular flexibility index (Phi) is 6.00. The fraction of sp³-hybridized carbons (Fsp3) is 0.286. The van der Waals surface area contributed by atoms with Gasteiger partial charge in [0.15, 0.2) is 5.03 Å². The summed E-state index contributed by atoms with van der Waals surface area (Å²) in [6.07, 6.45) is 2.88. The van der Waals surface area contributed by atoms with Gasteiger partial charge in [0.1, 0.15) is 17.4 Å². The first kappa shape index (κ1) is 21.7. The second-order valence-corrected chi connectivity index (χ2v) is 9.80. The monoisotopic (exact) mass is 467 g/mol. The third-order valence-electron chi connectivity index (χ3n) is 5.35. The van der Waals surface area contributed by atoms with Crippen LogP contribution >= 0.6 is 11.6 Å². The third-order valence-corrected chi connectivity index (χ3v) is 7.35. The lowest BCUT2D eigenvalue weighted by atomic mass is 9.89. The van der Waals surface area contributed by atoms with Gasteiger partial charge in [-0.1, -0.05) is 23.7 Å². The van der Waals surface area contributed by atoms with Crippen LogP contribution in [0.4, 0.5) is 8.78 Å². The van der Waals surface area contributed by atoms with E-state index >= 15 is 0 Å². The van der Waals surface area contributed by atoms with Gasteiger partial charge in [-0.15, -0.1) is 0 Å². The number of aryl methyl sites for hydroxylation is 1. The quantitative estimate of drug-likeness (QED) is 0.552. The SMILES string of the molecule is Cn1cnc(S(=O)(=O)N2C[C@H](COc3ccc(F)c(Cl)c3)[C@@H](c3ccc(F)cc3)C2)c1. The Balaban J connectivity index is 1.58. The molecule has 1 aromatic heterocycles. The van der Waals surface area contributed by atoms with Crippen molar-refractivity contribution in [3.05, 3.63) is 77.2 Å². The van der Waals surface area contributed by atoms with Crippen molar-refractivity contribution in [1.82, 2.24) is 13.9 Å². The van der Waals surface area contributed by atoms with Crippen molar-refractivity contribution in [2.75, 3.05) is 19.7 Å². The van der Waals surface area contributed by atoms with Crippen LogP contribution in [0.25, 0.3) is 0 Å². The molecule has 164 valence electrons. The zero-order chi connectivity index (χ0) is 22.2. The maximum Gasteiger partial charge on any atom is 0.262 e. The van der Waals surface area contributed by atoms with E-state index in [1.54, 1.807) is 23.7 Å². The molecule has 0 spiro atoms. The molecule has 2 atom stereocenters. The number of sulfonamides is 1. The van der Waals surface area contributed by atoms with E-state index in [9.17, 15) is 17.2 Å². The van der Waals surface area contributed by atoms with Gasteiger partial charge in [0.05, 0.1) is 18.0 Å². The van der Waals surface area contributed by atoms with E-state index in [1.807, 2.05) is 0 Å². The number of benzene rings is 2. The van der Waals surface area contributed by atoms with Gasteiger partial charge >= 0.3 is 0 Å². The molecular formula is C21H20ClF2N3O3S. The van der Waals surface area contributed by atoms with Crippen molar-refractivity contribution in [3.8, 4) is 5.75 Å². The Morgan fingerprint density at radius 2 is 1.90 bits per heavy atom. The predicted molar refractivity (Wildman–Crippen MR) is 112 cm³/mol. The molecule has 0 unspecified atom stereocenters. The van der Waals surface area contributed by atoms with Gasteiger partial charge in [-0.2, -0.15) is 4.31 Å². The normalized spacial score (nSPS) is 19.6. The summed E-state index contributed by atoms with van der Waals surface area (Å²) in [4.78, 5) is 3.98. The topological polar surface area (TPSA) is 64.4 Å². The molecule has 1 aliphatic rings. The van der Waals surface area contributed by atoms with Crippen LogP contribution in [-0.2, 0) is 17.1 Å². The molecular weight excluding hydrogens is 448 g/mol. The van der Waals surface area contributed by atoms with E-state index in [0.717, 1.165) is 5.56 Å². The fourth-order valence-corrected chi connectivity index (χ4v) is 5.37. The average Bonchev–Trinajstić information content (AvgIpc) is 3.37. The van der Waals surface area contributed by atoms with E-state index in [4.69, 9.17) is 16.3 Å². The summed E-state index contributed by atoms with van der Waals surface area (Å²) in [6.45, 7) is 0.594. The molecule has 1 fully saturated rings. The molecule has 0 aliphatic carbocycles. The largest absolute Gasteiger partial charge is 0.493 e. The number of ether oxygens (including phenoxy) is 1. The first-order valence-electron chi connectivity index (χ1n) is 9.55. The Hall–Kier alpha value is -2.49. The highest BCUT2D eigenvalue weighted by Crippen LogP contribution is 2.36. The van der Waals surface area contributed by atoms with E-state index in [1.165, 1.54) is 47.2 Å². The molecule has 10 heteroatoms. The van der Waals surface area contributed by atoms with Crippen LogP contribution < -0.4 is 4.74 Å². The van der Waals surface area contributed by atoms with E-state index < -0.39 is 15.8 Å². The second kappa shape index (κ2) is 8.57. The lowest BCUT2D eigenvalue weighted by molar-refractivity contribution is 0.244. The first-order chi connectivity index (χ1) is 14.7. The number of hydrogen-bond donors (Lipinski definition) is 0. The molecule has 31 heavy (non-hydrogen) atoms. The minimum Gasteiger partial charge on any atom is -0.493 e. The van der Waals surface area contributed by atoms with Crippen molar-refractivity contribution >= 4 is 21.6 Å². The van der Waals surface area contributed by atoms with Crippen molar-refractivity contribution < 1.29 is 21.9 Å². The number of aromatic nitrogens is 2. The highest BCUT2D eigenvalue weighted by Gasteiger charge is 2.41. The molecule has 4 rings (SSSR count). The molecule has 1 aliphatic heterocycles. The lowest BCUT2D eigenvalue weighted by Crippen LogP contribution is -2.30. The number of rotatable bonds is 6. The summed E-state index contributed by atoms with van der Waals surface area (Å²) >= 11 is 5.81. The minimum absolute atomic E-state index is 0.0280. The number of halogens is 3. The zero-order valence-electron chi connectivity index (χ0n) is 16.6. The molecule has 0 N–H and O–H groups in total. The molecule has 6 nitrogen and oxygen atoms in total. The number of imidazole rings is 1. The molecule has 0 bridgehead atoms. The van der Waals surface area contributed by atoms with Gasteiger partial charge in [-0.25, -0.2) is 22.2 Å². The van der Waals surface area contributed by atoms with Gasteiger partial charge < -0.3 is 9.30 Å². The molecule has 0 radical (unpaired) electrons. The van der Waals surface area contributed by atoms with Crippen molar-refractivity contribution in [2.24, 2.45) is 13.0 Å². The standard InChI is InChI=1S/C21H20ClF2N3O3S/c1-26-11-21(25-13-26)31(28,29)27-9-15(12-30-17-6-7-20(24)19(22)8-17)18(10-27)14-2-4-16(23)5-3-14/h2-8,11,13,15,18H,9-10,12H2,1H3/t15-,18-/m1/s1. The maximum absolute atomic E-state index is 13.4. The summed E-state index contributed by atoms with van der Waals surface area (Å²) < 4.78 is 61.7. The summed E-state index contributed by atoms with van der Waals surface area (Å²) in [5.41, 5.74) is 0.811. The van der Waals surface area contributed by atoms with Gasteiger partial charge in [-0.3, -0.25) is 0 Å². The van der Waals surface area contributed by atoms with Crippen LogP contribution in [0.2, 0.25) is 5.02 Å². The van der Waals surface area contributed by atoms with Gasteiger partial charge in [0.2, 0.25) is 0 Å². The van der Waals surface area contributed by atoms with Crippen LogP contribution in [0.5, 0.6) is 5.75 Å². The first-order valence-corrected chi connectivity index (χ1v) is 11.4. The van der Waals surface area contributed by atoms with Gasteiger partial charge in [0.25, 0.3) is 10.0 Å². The Bertz CT molecular complexity index is 1180. The summed E-state index contributed by atoms with van der Waals surface area (Å²) in [7, 11) is -2.10. The van der Waals surface area contributed by atoms with Gasteiger partial charge in [-0.05, 0) is 29.8 Å². The van der Waals surface area contributed by atoms with Crippen LogP contribution in [0, 0.1) is 17.6 Å². The fourth-order valence-electron chi connectivity index (χ4n) is 3.71. The smallest absolute Gasteiger partial charge is 0.262 e. The molecule has 2 aromatic carbocycles. The summed E-state index contributed by atoms with van der Waals surface area (Å²) in [6, 6.07) is 10.1. The Morgan fingerprint density at radius 3 is 2.55 bits per heavy atom. The Labute approximate surface area is 184 Å². The molecule has 0 amide bonds. The third kappa shape index (κ3) is 4.58. The van der Waals surface area contributed by atoms with Crippen LogP contribution in [0.1, 0.15) is 11.5 Å². The summed E-state index contributed by atoms with van der Waals surface area (Å²) in [5, 5.41) is -0.0851. The maximum atomic E-state index is 13.4. The Morgan fingerprint density at radius 1 is 1.16 bits per heavy atom. The zero-order valence-corrected chi connectivity index (χ0v) is 18.2. The average molecular weight is 468 g/mol. The lowest BCUT2D eigenvalue weighted by Gasteiger charge is -2.19. The second-order valence-electron chi connectivity index (χ2n) is 7.50. The van der Waals surface area contributed by atoms with Crippen LogP contribution in [0.15, 0.2) is 60.0 Å². The molecule has 1 saturated heterocycles. The number of nitrogens with zero attached hydrogens (tertiary/aromatic N) is 3. The van der Waals surface area contributed by atoms with E-state index in [0.29, 0.717) is 5.75 Å². The number of hydrogen-bond acceptors (Lipinski definition) is 4. The summed E-state index contributed by atoms with van der Waals surface area (Å²) in [5.74, 6) is -0.960. The van der Waals surface area contributed by atoms with Crippen LogP contribution in [-0.4, -0.2) is 42.0 Å². The molecule has 3 aromatic rings. The highest BCUT2D eigenvalue weighted by atomic mass is 35.5. The van der Waals surface area contributed by atoms with Crippen LogP contribution in [0.3, 0.4) is 0 Å². The van der Waals surface area contributed by atoms with Crippen molar-refractivity contribution in [3.63, 3.8) is 0 Å². The molecule has 0 saturated carbocycles. The van der Waals surface area contributed by atoms with E-state index in [-0.39, 0.29) is 47.4 Å². The minimum atomic E-state index is -3.79. The molecule has 2 heterocycles. The van der Waals surface area contributed by atoms with Gasteiger partial charge in [0, 0.05) is 44.2 Å².